The van der Waals surface area contributed by atoms with Gasteiger partial charge in [-0.1, -0.05) is 32.1 Å². The molecule has 1 fully saturated rings. The first-order valence-corrected chi connectivity index (χ1v) is 8.93. The zero-order valence-electron chi connectivity index (χ0n) is 13.2. The lowest BCUT2D eigenvalue weighted by atomic mass is 9.92. The number of aromatic nitrogens is 2. The fourth-order valence-corrected chi connectivity index (χ4v) is 3.79. The number of nitrogens with one attached hydrogen (secondary N) is 1. The topological polar surface area (TPSA) is 37.8 Å². The number of nitrogens with zero attached hydrogens (tertiary/aromatic N) is 2. The minimum Gasteiger partial charge on any atom is -0.312 e. The van der Waals surface area contributed by atoms with Gasteiger partial charge in [-0.3, -0.25) is 0 Å². The van der Waals surface area contributed by atoms with E-state index in [0.29, 0.717) is 5.92 Å². The molecule has 0 aliphatic heterocycles. The molecule has 0 bridgehead atoms. The van der Waals surface area contributed by atoms with E-state index in [2.05, 4.69) is 36.3 Å². The van der Waals surface area contributed by atoms with E-state index in [1.165, 1.54) is 55.0 Å². The van der Waals surface area contributed by atoms with Crippen LogP contribution < -0.4 is 5.32 Å². The summed E-state index contributed by atoms with van der Waals surface area (Å²) in [6.45, 7) is 7.59. The maximum atomic E-state index is 4.47. The summed E-state index contributed by atoms with van der Waals surface area (Å²) in [7, 11) is 0. The molecule has 1 aliphatic carbocycles. The van der Waals surface area contributed by atoms with E-state index < -0.39 is 0 Å². The Balaban J connectivity index is 1.84. The predicted molar refractivity (Wildman–Crippen MR) is 86.4 cm³/mol. The van der Waals surface area contributed by atoms with Gasteiger partial charge in [0.1, 0.15) is 10.0 Å². The van der Waals surface area contributed by atoms with Crippen LogP contribution in [0.25, 0.3) is 0 Å². The highest BCUT2D eigenvalue weighted by molar-refractivity contribution is 7.11. The molecule has 0 radical (unpaired) electrons. The van der Waals surface area contributed by atoms with Gasteiger partial charge in [0.05, 0.1) is 0 Å². The summed E-state index contributed by atoms with van der Waals surface area (Å²) in [5, 5.41) is 14.9. The first kappa shape index (κ1) is 15.9. The van der Waals surface area contributed by atoms with Gasteiger partial charge in [0, 0.05) is 24.4 Å². The van der Waals surface area contributed by atoms with Gasteiger partial charge in [-0.15, -0.1) is 21.5 Å². The summed E-state index contributed by atoms with van der Waals surface area (Å²) < 4.78 is 0. The van der Waals surface area contributed by atoms with Crippen molar-refractivity contribution in [3.63, 3.8) is 0 Å². The lowest BCUT2D eigenvalue weighted by Crippen LogP contribution is -2.37. The van der Waals surface area contributed by atoms with Crippen molar-refractivity contribution in [3.8, 4) is 0 Å². The minimum absolute atomic E-state index is 0.188. The molecule has 114 valence electrons. The van der Waals surface area contributed by atoms with Crippen molar-refractivity contribution in [3.05, 3.63) is 10.0 Å². The summed E-state index contributed by atoms with van der Waals surface area (Å²) >= 11 is 1.84. The average Bonchev–Trinajstić information content (AvgIpc) is 2.75. The molecule has 1 aliphatic rings. The fourth-order valence-electron chi connectivity index (χ4n) is 2.78. The van der Waals surface area contributed by atoms with E-state index in [1.54, 1.807) is 0 Å². The summed E-state index contributed by atoms with van der Waals surface area (Å²) in [5.74, 6) is 0.678. The molecule has 1 N–H and O–H groups in total. The van der Waals surface area contributed by atoms with Crippen LogP contribution in [0.4, 0.5) is 0 Å². The van der Waals surface area contributed by atoms with Crippen molar-refractivity contribution >= 4 is 11.3 Å². The van der Waals surface area contributed by atoms with Gasteiger partial charge in [0.15, 0.2) is 0 Å². The highest BCUT2D eigenvalue weighted by Crippen LogP contribution is 2.32. The van der Waals surface area contributed by atoms with Crippen molar-refractivity contribution in [1.29, 1.82) is 0 Å². The van der Waals surface area contributed by atoms with Crippen molar-refractivity contribution in [2.75, 3.05) is 6.54 Å². The zero-order valence-corrected chi connectivity index (χ0v) is 14.1. The Kier molecular flexibility index (Phi) is 5.97. The summed E-state index contributed by atoms with van der Waals surface area (Å²) in [6.07, 6.45) is 10.6. The van der Waals surface area contributed by atoms with E-state index in [0.717, 1.165) is 13.0 Å². The first-order valence-electron chi connectivity index (χ1n) is 8.12. The smallest absolute Gasteiger partial charge is 0.120 e. The molecule has 3 nitrogen and oxygen atoms in total. The van der Waals surface area contributed by atoms with E-state index in [4.69, 9.17) is 0 Å². The molecule has 4 heteroatoms. The Bertz CT molecular complexity index is 387. The monoisotopic (exact) mass is 295 g/mol. The van der Waals surface area contributed by atoms with Crippen molar-refractivity contribution < 1.29 is 0 Å². The molecule has 2 rings (SSSR count). The van der Waals surface area contributed by atoms with Crippen LogP contribution in [0.3, 0.4) is 0 Å². The molecule has 0 spiro atoms. The Labute approximate surface area is 127 Å². The fraction of sp³-hybridized carbons (Fsp3) is 0.875. The molecule has 0 atom stereocenters. The van der Waals surface area contributed by atoms with Crippen LogP contribution in [0, 0.1) is 0 Å². The summed E-state index contributed by atoms with van der Waals surface area (Å²) in [6, 6.07) is 0. The van der Waals surface area contributed by atoms with Gasteiger partial charge in [-0.05, 0) is 33.6 Å². The third-order valence-electron chi connectivity index (χ3n) is 3.93. The molecule has 0 saturated heterocycles. The van der Waals surface area contributed by atoms with Gasteiger partial charge >= 0.3 is 0 Å². The zero-order chi connectivity index (χ0) is 14.4. The first-order chi connectivity index (χ1) is 9.54. The highest BCUT2D eigenvalue weighted by Gasteiger charge is 2.18. The van der Waals surface area contributed by atoms with Crippen LogP contribution in [0.2, 0.25) is 0 Å². The van der Waals surface area contributed by atoms with Gasteiger partial charge < -0.3 is 5.32 Å². The van der Waals surface area contributed by atoms with E-state index in [9.17, 15) is 0 Å². The van der Waals surface area contributed by atoms with Crippen molar-refractivity contribution in [1.82, 2.24) is 15.5 Å². The number of rotatable bonds is 4. The van der Waals surface area contributed by atoms with Gasteiger partial charge in [0.2, 0.25) is 0 Å². The Morgan fingerprint density at radius 2 is 1.70 bits per heavy atom. The van der Waals surface area contributed by atoms with E-state index >= 15 is 0 Å². The van der Waals surface area contributed by atoms with Gasteiger partial charge in [-0.25, -0.2) is 0 Å². The molecule has 1 aromatic heterocycles. The second-order valence-electron chi connectivity index (χ2n) is 7.00. The second-order valence-corrected chi connectivity index (χ2v) is 8.10. The second kappa shape index (κ2) is 7.51. The predicted octanol–water partition coefficient (Wildman–Crippen LogP) is 4.30. The average molecular weight is 295 g/mol. The van der Waals surface area contributed by atoms with Crippen LogP contribution in [0.5, 0.6) is 0 Å². The quantitative estimate of drug-likeness (QED) is 0.900. The third-order valence-corrected chi connectivity index (χ3v) is 5.08. The molecular weight excluding hydrogens is 266 g/mol. The largest absolute Gasteiger partial charge is 0.312 e. The van der Waals surface area contributed by atoms with Crippen LogP contribution in [-0.4, -0.2) is 22.3 Å². The molecule has 0 unspecified atom stereocenters. The molecular formula is C16H29N3S. The van der Waals surface area contributed by atoms with E-state index in [-0.39, 0.29) is 5.54 Å². The SMILES string of the molecule is CC(C)(C)NCCc1nnc(C2CCCCCCC2)s1. The molecule has 0 amide bonds. The maximum absolute atomic E-state index is 4.47. The van der Waals surface area contributed by atoms with Gasteiger partial charge in [0.25, 0.3) is 0 Å². The van der Waals surface area contributed by atoms with Crippen molar-refractivity contribution in [2.45, 2.75) is 83.6 Å². The van der Waals surface area contributed by atoms with E-state index in [1.807, 2.05) is 11.3 Å². The van der Waals surface area contributed by atoms with Crippen LogP contribution in [0.1, 0.15) is 81.7 Å². The van der Waals surface area contributed by atoms with Crippen LogP contribution in [0.15, 0.2) is 0 Å². The number of hydrogen-bond donors (Lipinski definition) is 1. The minimum atomic E-state index is 0.188. The third kappa shape index (κ3) is 5.49. The molecule has 20 heavy (non-hydrogen) atoms. The summed E-state index contributed by atoms with van der Waals surface area (Å²) in [4.78, 5) is 0. The van der Waals surface area contributed by atoms with Crippen molar-refractivity contribution in [2.24, 2.45) is 0 Å². The number of hydrogen-bond acceptors (Lipinski definition) is 4. The Morgan fingerprint density at radius 3 is 2.35 bits per heavy atom. The molecule has 1 aromatic rings. The standard InChI is InChI=1S/C16H29N3S/c1-16(2,3)17-12-11-14-18-19-15(20-14)13-9-7-5-4-6-8-10-13/h13,17H,4-12H2,1-3H3. The lowest BCUT2D eigenvalue weighted by molar-refractivity contribution is 0.429. The van der Waals surface area contributed by atoms with Gasteiger partial charge in [-0.2, -0.15) is 0 Å². The molecule has 0 aromatic carbocycles. The molecule has 1 saturated carbocycles. The Hall–Kier alpha value is -0.480. The highest BCUT2D eigenvalue weighted by atomic mass is 32.1. The van der Waals surface area contributed by atoms with Crippen LogP contribution in [-0.2, 0) is 6.42 Å². The maximum Gasteiger partial charge on any atom is 0.120 e. The van der Waals surface area contributed by atoms with Crippen LogP contribution >= 0.6 is 11.3 Å². The lowest BCUT2D eigenvalue weighted by Gasteiger charge is -2.19. The normalized spacial score (nSPS) is 18.8. The molecule has 1 heterocycles. The Morgan fingerprint density at radius 1 is 1.05 bits per heavy atom. The summed E-state index contributed by atoms with van der Waals surface area (Å²) in [5.41, 5.74) is 0.188.